The number of halogens is 5. The predicted octanol–water partition coefficient (Wildman–Crippen LogP) is 5.76. The van der Waals surface area contributed by atoms with Gasteiger partial charge < -0.3 is 9.88 Å². The quantitative estimate of drug-likeness (QED) is 0.597. The lowest BCUT2D eigenvalue weighted by molar-refractivity contribution is -0.137. The summed E-state index contributed by atoms with van der Waals surface area (Å²) < 4.78 is 40.1. The van der Waals surface area contributed by atoms with Crippen LogP contribution in [0.3, 0.4) is 0 Å². The molecule has 3 aromatic rings. The molecule has 1 heterocycles. The zero-order valence-electron chi connectivity index (χ0n) is 12.8. The number of hydrogen-bond acceptors (Lipinski definition) is 1. The minimum atomic E-state index is -4.53. The molecule has 0 unspecified atom stereocenters. The van der Waals surface area contributed by atoms with Crippen LogP contribution in [0.2, 0.25) is 10.0 Å². The Bertz CT molecular complexity index is 980. The zero-order chi connectivity index (χ0) is 18.4. The van der Waals surface area contributed by atoms with Crippen molar-refractivity contribution in [3.8, 4) is 0 Å². The molecule has 0 radical (unpaired) electrons. The highest BCUT2D eigenvalue weighted by atomic mass is 35.5. The van der Waals surface area contributed by atoms with Gasteiger partial charge >= 0.3 is 6.18 Å². The van der Waals surface area contributed by atoms with E-state index in [0.29, 0.717) is 10.4 Å². The van der Waals surface area contributed by atoms with Gasteiger partial charge in [0.05, 0.1) is 16.3 Å². The fourth-order valence-corrected chi connectivity index (χ4v) is 2.91. The third-order valence-electron chi connectivity index (χ3n) is 3.81. The Kier molecular flexibility index (Phi) is 4.43. The first-order chi connectivity index (χ1) is 11.7. The Morgan fingerprint density at radius 3 is 2.44 bits per heavy atom. The van der Waals surface area contributed by atoms with Crippen molar-refractivity contribution in [1.29, 1.82) is 0 Å². The van der Waals surface area contributed by atoms with Gasteiger partial charge in [0.2, 0.25) is 0 Å². The van der Waals surface area contributed by atoms with E-state index >= 15 is 0 Å². The number of amides is 1. The molecular formula is C17H11Cl2F3N2O. The molecule has 0 aliphatic heterocycles. The summed E-state index contributed by atoms with van der Waals surface area (Å²) >= 11 is 12.0. The number of anilines is 1. The van der Waals surface area contributed by atoms with Crippen LogP contribution in [0.4, 0.5) is 18.9 Å². The molecule has 2 aromatic carbocycles. The van der Waals surface area contributed by atoms with E-state index in [4.69, 9.17) is 23.2 Å². The van der Waals surface area contributed by atoms with Crippen molar-refractivity contribution in [2.75, 3.05) is 5.32 Å². The number of nitrogens with zero attached hydrogens (tertiary/aromatic N) is 1. The smallest absolute Gasteiger partial charge is 0.340 e. The van der Waals surface area contributed by atoms with Crippen LogP contribution in [0.5, 0.6) is 0 Å². The predicted molar refractivity (Wildman–Crippen MR) is 92.3 cm³/mol. The normalized spacial score (nSPS) is 11.8. The maximum Gasteiger partial charge on any atom is 0.416 e. The number of hydrogen-bond donors (Lipinski definition) is 1. The Balaban J connectivity index is 1.98. The lowest BCUT2D eigenvalue weighted by Crippen LogP contribution is -2.16. The molecule has 0 saturated carbocycles. The summed E-state index contributed by atoms with van der Waals surface area (Å²) in [4.78, 5) is 12.5. The third kappa shape index (κ3) is 3.32. The van der Waals surface area contributed by atoms with Crippen molar-refractivity contribution < 1.29 is 18.0 Å². The number of rotatable bonds is 2. The van der Waals surface area contributed by atoms with Gasteiger partial charge in [-0.05, 0) is 36.4 Å². The lowest BCUT2D eigenvalue weighted by atomic mass is 10.2. The summed E-state index contributed by atoms with van der Waals surface area (Å²) in [5, 5.41) is 3.59. The summed E-state index contributed by atoms with van der Waals surface area (Å²) in [5.41, 5.74) is -0.0329. The number of benzene rings is 2. The van der Waals surface area contributed by atoms with Crippen LogP contribution in [-0.4, -0.2) is 10.5 Å². The molecule has 0 saturated heterocycles. The first kappa shape index (κ1) is 17.6. The molecule has 25 heavy (non-hydrogen) atoms. The third-order valence-corrected chi connectivity index (χ3v) is 4.47. The van der Waals surface area contributed by atoms with Crippen molar-refractivity contribution in [2.24, 2.45) is 7.05 Å². The van der Waals surface area contributed by atoms with Crippen LogP contribution in [0.1, 0.15) is 16.1 Å². The van der Waals surface area contributed by atoms with Gasteiger partial charge in [-0.2, -0.15) is 13.2 Å². The van der Waals surface area contributed by atoms with Gasteiger partial charge in [-0.1, -0.05) is 29.3 Å². The largest absolute Gasteiger partial charge is 0.416 e. The Labute approximate surface area is 150 Å². The highest BCUT2D eigenvalue weighted by molar-refractivity contribution is 6.36. The second-order valence-corrected chi connectivity index (χ2v) is 6.22. The molecule has 0 spiro atoms. The van der Waals surface area contributed by atoms with E-state index in [1.54, 1.807) is 35.9 Å². The van der Waals surface area contributed by atoms with Crippen molar-refractivity contribution in [3.63, 3.8) is 0 Å². The lowest BCUT2D eigenvalue weighted by Gasteiger charge is -2.12. The Hall–Kier alpha value is -2.18. The maximum atomic E-state index is 12.8. The fraction of sp³-hybridized carbons (Fsp3) is 0.118. The Morgan fingerprint density at radius 2 is 1.80 bits per heavy atom. The van der Waals surface area contributed by atoms with Gasteiger partial charge in [0.25, 0.3) is 5.91 Å². The van der Waals surface area contributed by atoms with Crippen molar-refractivity contribution >= 4 is 45.7 Å². The summed E-state index contributed by atoms with van der Waals surface area (Å²) in [7, 11) is 1.67. The molecule has 3 nitrogen and oxygen atoms in total. The van der Waals surface area contributed by atoms with Crippen LogP contribution >= 0.6 is 23.2 Å². The molecule has 3 rings (SSSR count). The SMILES string of the molecule is Cn1c(C(=O)Nc2cc(C(F)(F)F)ccc2Cl)cc2c(Cl)cccc21. The van der Waals surface area contributed by atoms with Gasteiger partial charge in [-0.15, -0.1) is 0 Å². The highest BCUT2D eigenvalue weighted by Gasteiger charge is 2.31. The average molecular weight is 387 g/mol. The molecule has 0 bridgehead atoms. The number of fused-ring (bicyclic) bond motifs is 1. The number of alkyl halides is 3. The minimum absolute atomic E-state index is 0.0122. The van der Waals surface area contributed by atoms with E-state index in [1.165, 1.54) is 0 Å². The number of carbonyl (C=O) groups excluding carboxylic acids is 1. The van der Waals surface area contributed by atoms with E-state index in [-0.39, 0.29) is 16.4 Å². The molecule has 0 fully saturated rings. The highest BCUT2D eigenvalue weighted by Crippen LogP contribution is 2.34. The topological polar surface area (TPSA) is 34.0 Å². The zero-order valence-corrected chi connectivity index (χ0v) is 14.3. The molecule has 1 N–H and O–H groups in total. The summed E-state index contributed by atoms with van der Waals surface area (Å²) in [6, 6.07) is 9.55. The standard InChI is InChI=1S/C17H11Cl2F3N2O/c1-24-14-4-2-3-11(18)10(14)8-15(24)16(25)23-13-7-9(17(20,21)22)5-6-12(13)19/h2-8H,1H3,(H,23,25). The van der Waals surface area contributed by atoms with Crippen molar-refractivity contribution in [1.82, 2.24) is 4.57 Å². The molecule has 1 amide bonds. The molecule has 0 aliphatic rings. The van der Waals surface area contributed by atoms with Gasteiger partial charge in [-0.3, -0.25) is 4.79 Å². The van der Waals surface area contributed by atoms with Crippen LogP contribution in [0.15, 0.2) is 42.5 Å². The van der Waals surface area contributed by atoms with Crippen LogP contribution in [0.25, 0.3) is 10.9 Å². The maximum absolute atomic E-state index is 12.8. The average Bonchev–Trinajstić information content (AvgIpc) is 2.87. The van der Waals surface area contributed by atoms with E-state index in [9.17, 15) is 18.0 Å². The molecule has 130 valence electrons. The second-order valence-electron chi connectivity index (χ2n) is 5.41. The summed E-state index contributed by atoms with van der Waals surface area (Å²) in [6.07, 6.45) is -4.53. The number of carbonyl (C=O) groups is 1. The monoisotopic (exact) mass is 386 g/mol. The number of nitrogens with one attached hydrogen (secondary N) is 1. The summed E-state index contributed by atoms with van der Waals surface area (Å²) in [6.45, 7) is 0. The first-order valence-corrected chi connectivity index (χ1v) is 7.86. The second kappa shape index (κ2) is 6.28. The van der Waals surface area contributed by atoms with Crippen LogP contribution < -0.4 is 5.32 Å². The Morgan fingerprint density at radius 1 is 1.08 bits per heavy atom. The first-order valence-electron chi connectivity index (χ1n) is 7.10. The summed E-state index contributed by atoms with van der Waals surface area (Å²) in [5.74, 6) is -0.587. The van der Waals surface area contributed by atoms with E-state index < -0.39 is 17.6 Å². The number of aromatic nitrogens is 1. The number of aryl methyl sites for hydroxylation is 1. The molecular weight excluding hydrogens is 376 g/mol. The molecule has 1 aromatic heterocycles. The molecule has 0 aliphatic carbocycles. The van der Waals surface area contributed by atoms with Crippen LogP contribution in [-0.2, 0) is 13.2 Å². The van der Waals surface area contributed by atoms with Crippen molar-refractivity contribution in [3.05, 3.63) is 63.8 Å². The minimum Gasteiger partial charge on any atom is -0.340 e. The van der Waals surface area contributed by atoms with Gasteiger partial charge in [0.1, 0.15) is 5.69 Å². The molecule has 8 heteroatoms. The van der Waals surface area contributed by atoms with Gasteiger partial charge in [0, 0.05) is 23.0 Å². The van der Waals surface area contributed by atoms with E-state index in [2.05, 4.69) is 5.32 Å². The van der Waals surface area contributed by atoms with Crippen LogP contribution in [0, 0.1) is 0 Å². The fourth-order valence-electron chi connectivity index (χ4n) is 2.53. The van der Waals surface area contributed by atoms with Gasteiger partial charge in [-0.25, -0.2) is 0 Å². The van der Waals surface area contributed by atoms with E-state index in [1.807, 2.05) is 0 Å². The van der Waals surface area contributed by atoms with Crippen molar-refractivity contribution in [2.45, 2.75) is 6.18 Å². The van der Waals surface area contributed by atoms with E-state index in [0.717, 1.165) is 23.7 Å². The van der Waals surface area contributed by atoms with Gasteiger partial charge in [0.15, 0.2) is 0 Å². The molecule has 0 atom stereocenters.